The van der Waals surface area contributed by atoms with Gasteiger partial charge in [0.25, 0.3) is 0 Å². The van der Waals surface area contributed by atoms with E-state index in [1.54, 1.807) is 7.05 Å². The molecule has 60 heavy (non-hydrogen) atoms. The molecule has 2 N–H and O–H groups in total. The molecular formula is C51H86N6O3. The van der Waals surface area contributed by atoms with Crippen molar-refractivity contribution in [2.75, 3.05) is 13.7 Å². The van der Waals surface area contributed by atoms with Crippen LogP contribution in [0.2, 0.25) is 0 Å². The molecule has 0 spiro atoms. The van der Waals surface area contributed by atoms with Gasteiger partial charge < -0.3 is 9.94 Å². The summed E-state index contributed by atoms with van der Waals surface area (Å²) in [6, 6.07) is 3.23. The van der Waals surface area contributed by atoms with Gasteiger partial charge in [-0.05, 0) is 151 Å². The number of hydroxylamine groups is 1. The Labute approximate surface area is 364 Å². The SMILES string of the molecule is CN=NC1CCC2C(C1)C(=O)C1CC(N=NC3C(O)C(CONC4CCCC(CCC5CCC(N(C6CCCCC6)C6CCCCC6)CC5)C4)CC4CCCCC43)CCC12. The molecule has 0 heterocycles. The van der Waals surface area contributed by atoms with E-state index in [-0.39, 0.29) is 35.9 Å². The molecule has 0 radical (unpaired) electrons. The lowest BCUT2D eigenvalue weighted by atomic mass is 9.64. The number of hydrogen-bond acceptors (Lipinski definition) is 9. The van der Waals surface area contributed by atoms with Crippen molar-refractivity contribution in [2.24, 2.45) is 73.7 Å². The van der Waals surface area contributed by atoms with Gasteiger partial charge in [0.15, 0.2) is 0 Å². The van der Waals surface area contributed by atoms with E-state index in [1.807, 2.05) is 0 Å². The first-order valence-corrected chi connectivity index (χ1v) is 26.6. The third kappa shape index (κ3) is 10.3. The van der Waals surface area contributed by atoms with Crippen LogP contribution >= 0.6 is 0 Å². The molecule has 9 nitrogen and oxygen atoms in total. The van der Waals surface area contributed by atoms with Crippen LogP contribution in [0.4, 0.5) is 0 Å². The lowest BCUT2D eigenvalue weighted by Gasteiger charge is -2.48. The molecule has 0 amide bonds. The van der Waals surface area contributed by atoms with Crippen molar-refractivity contribution in [3.05, 3.63) is 0 Å². The fraction of sp³-hybridized carbons (Fsp3) is 0.980. The summed E-state index contributed by atoms with van der Waals surface area (Å²) in [5.74, 6) is 4.67. The molecule has 0 aromatic heterocycles. The maximum Gasteiger partial charge on any atom is 0.139 e. The van der Waals surface area contributed by atoms with E-state index in [0.717, 1.165) is 81.3 Å². The maximum absolute atomic E-state index is 13.7. The summed E-state index contributed by atoms with van der Waals surface area (Å²) in [5, 5.41) is 30.5. The van der Waals surface area contributed by atoms with Crippen LogP contribution in [0.3, 0.4) is 0 Å². The molecule has 0 saturated heterocycles. The standard InChI is InChI=1S/C51H86N6O3/c1-52-53-38-23-27-45-46-28-24-39(32-48(46)51(59)47(45)31-38)54-55-49-44-18-9-8-12-36(44)30-37(50(49)58)33-60-56-40-13-10-11-35(29-40)20-19-34-21-25-43(26-22-34)57(41-14-4-2-5-15-41)42-16-6-3-7-17-42/h34-50,56,58H,2-33H2,1H3. The average Bonchev–Trinajstić information content (AvgIpc) is 3.56. The number of ketones is 1. The largest absolute Gasteiger partial charge is 0.390 e. The summed E-state index contributed by atoms with van der Waals surface area (Å²) in [6.07, 6.45) is 39.9. The molecular weight excluding hydrogens is 745 g/mol. The molecule has 9 fully saturated rings. The van der Waals surface area contributed by atoms with E-state index in [9.17, 15) is 9.90 Å². The van der Waals surface area contributed by atoms with Gasteiger partial charge in [-0.1, -0.05) is 83.5 Å². The van der Waals surface area contributed by atoms with Gasteiger partial charge in [-0.25, -0.2) is 0 Å². The van der Waals surface area contributed by atoms with Crippen molar-refractivity contribution in [3.63, 3.8) is 0 Å². The molecule has 13 atom stereocenters. The molecule has 9 aliphatic carbocycles. The summed E-state index contributed by atoms with van der Waals surface area (Å²) in [5.41, 5.74) is 3.55. The van der Waals surface area contributed by atoms with Crippen molar-refractivity contribution >= 4 is 5.78 Å². The molecule has 9 aliphatic rings. The molecule has 13 unspecified atom stereocenters. The fourth-order valence-corrected chi connectivity index (χ4v) is 16.0. The Morgan fingerprint density at radius 2 is 1.20 bits per heavy atom. The number of carbonyl (C=O) groups is 1. The molecule has 0 aromatic carbocycles. The van der Waals surface area contributed by atoms with Crippen LogP contribution in [0, 0.1) is 53.3 Å². The van der Waals surface area contributed by atoms with E-state index >= 15 is 0 Å². The second kappa shape index (κ2) is 21.1. The van der Waals surface area contributed by atoms with E-state index in [4.69, 9.17) is 15.1 Å². The average molecular weight is 831 g/mol. The van der Waals surface area contributed by atoms with Gasteiger partial charge in [0.05, 0.1) is 24.8 Å². The van der Waals surface area contributed by atoms with Gasteiger partial charge in [-0.15, -0.1) is 0 Å². The van der Waals surface area contributed by atoms with Gasteiger partial charge in [-0.2, -0.15) is 25.9 Å². The predicted molar refractivity (Wildman–Crippen MR) is 239 cm³/mol. The van der Waals surface area contributed by atoms with Crippen LogP contribution < -0.4 is 5.48 Å². The Balaban J connectivity index is 0.722. The first-order chi connectivity index (χ1) is 29.5. The topological polar surface area (TPSA) is 111 Å². The van der Waals surface area contributed by atoms with Crippen molar-refractivity contribution in [3.8, 4) is 0 Å². The highest BCUT2D eigenvalue weighted by molar-refractivity contribution is 5.86. The van der Waals surface area contributed by atoms with E-state index in [0.29, 0.717) is 42.1 Å². The second-order valence-corrected chi connectivity index (χ2v) is 22.5. The van der Waals surface area contributed by atoms with Gasteiger partial charge in [0.1, 0.15) is 11.8 Å². The number of hydrogen-bond donors (Lipinski definition) is 2. The zero-order valence-corrected chi connectivity index (χ0v) is 37.9. The highest BCUT2D eigenvalue weighted by Crippen LogP contribution is 2.53. The number of rotatable bonds is 13. The quantitative estimate of drug-likeness (QED) is 0.142. The maximum atomic E-state index is 13.7. The van der Waals surface area contributed by atoms with Gasteiger partial charge in [0, 0.05) is 49.0 Å². The van der Waals surface area contributed by atoms with Crippen LogP contribution in [-0.2, 0) is 9.63 Å². The van der Waals surface area contributed by atoms with Crippen molar-refractivity contribution in [1.29, 1.82) is 0 Å². The van der Waals surface area contributed by atoms with E-state index in [1.165, 1.54) is 148 Å². The first-order valence-electron chi connectivity index (χ1n) is 26.6. The number of Topliss-reactive ketones (excluding diaryl/α,β-unsaturated/α-hetero) is 1. The minimum Gasteiger partial charge on any atom is -0.390 e. The number of nitrogens with one attached hydrogen (secondary N) is 1. The Hall–Kier alpha value is -1.29. The van der Waals surface area contributed by atoms with Crippen LogP contribution in [0.5, 0.6) is 0 Å². The number of azo groups is 2. The first kappa shape index (κ1) is 43.9. The van der Waals surface area contributed by atoms with Crippen LogP contribution in [0.15, 0.2) is 20.5 Å². The molecule has 9 heteroatoms. The third-order valence-electron chi connectivity index (χ3n) is 19.1. The zero-order chi connectivity index (χ0) is 40.8. The van der Waals surface area contributed by atoms with E-state index < -0.39 is 6.10 Å². The Bertz CT molecular complexity index is 1390. The number of aliphatic hydroxyl groups is 1. The normalized spacial score (nSPS) is 43.6. The van der Waals surface area contributed by atoms with Gasteiger partial charge in [-0.3, -0.25) is 9.69 Å². The highest BCUT2D eigenvalue weighted by Gasteiger charge is 2.54. The molecule has 338 valence electrons. The molecule has 0 bridgehead atoms. The minimum absolute atomic E-state index is 0.0888. The summed E-state index contributed by atoms with van der Waals surface area (Å²) in [6.45, 7) is 0.558. The Morgan fingerprint density at radius 3 is 1.88 bits per heavy atom. The Morgan fingerprint density at radius 1 is 0.583 bits per heavy atom. The third-order valence-corrected chi connectivity index (χ3v) is 19.1. The van der Waals surface area contributed by atoms with Gasteiger partial charge in [0.2, 0.25) is 0 Å². The Kier molecular flexibility index (Phi) is 15.5. The van der Waals surface area contributed by atoms with Crippen molar-refractivity contribution < 1.29 is 14.7 Å². The number of carbonyl (C=O) groups excluding carboxylic acids is 1. The van der Waals surface area contributed by atoms with Crippen LogP contribution in [0.25, 0.3) is 0 Å². The highest BCUT2D eigenvalue weighted by atomic mass is 16.6. The van der Waals surface area contributed by atoms with E-state index in [2.05, 4.69) is 20.6 Å². The monoisotopic (exact) mass is 831 g/mol. The molecule has 9 rings (SSSR count). The second-order valence-electron chi connectivity index (χ2n) is 22.5. The summed E-state index contributed by atoms with van der Waals surface area (Å²) >= 11 is 0. The van der Waals surface area contributed by atoms with Gasteiger partial charge >= 0.3 is 0 Å². The predicted octanol–water partition coefficient (Wildman–Crippen LogP) is 11.6. The fourth-order valence-electron chi connectivity index (χ4n) is 16.0. The lowest BCUT2D eigenvalue weighted by Crippen LogP contribution is -2.52. The minimum atomic E-state index is -0.515. The van der Waals surface area contributed by atoms with Crippen LogP contribution in [0.1, 0.15) is 199 Å². The van der Waals surface area contributed by atoms with Crippen molar-refractivity contribution in [2.45, 2.75) is 247 Å². The zero-order valence-electron chi connectivity index (χ0n) is 37.9. The number of nitrogens with zero attached hydrogens (tertiary/aromatic N) is 5. The molecule has 9 saturated carbocycles. The summed E-state index contributed by atoms with van der Waals surface area (Å²) in [7, 11) is 1.75. The molecule has 0 aromatic rings. The van der Waals surface area contributed by atoms with Crippen LogP contribution in [-0.4, -0.2) is 77.8 Å². The number of aliphatic hydroxyl groups excluding tert-OH is 1. The summed E-state index contributed by atoms with van der Waals surface area (Å²) < 4.78 is 0. The lowest BCUT2D eigenvalue weighted by molar-refractivity contribution is -0.125. The number of fused-ring (bicyclic) bond motifs is 4. The smallest absolute Gasteiger partial charge is 0.139 e. The van der Waals surface area contributed by atoms with Crippen molar-refractivity contribution in [1.82, 2.24) is 10.4 Å². The summed E-state index contributed by atoms with van der Waals surface area (Å²) in [4.78, 5) is 23.2. The molecule has 0 aliphatic heterocycles.